The molecule has 5 heteroatoms. The van der Waals surface area contributed by atoms with Gasteiger partial charge >= 0.3 is 0 Å². The number of H-pyrrole nitrogens is 1. The largest absolute Gasteiger partial charge is 0.323 e. The molecule has 112 valence electrons. The molecule has 2 aromatic heterocycles. The number of aromatic amines is 1. The number of imidazole rings is 1. The van der Waals surface area contributed by atoms with Gasteiger partial charge in [-0.2, -0.15) is 0 Å². The van der Waals surface area contributed by atoms with Crippen LogP contribution >= 0.6 is 23.8 Å². The van der Waals surface area contributed by atoms with Crippen molar-refractivity contribution in [1.29, 1.82) is 0 Å². The first-order chi connectivity index (χ1) is 11.2. The van der Waals surface area contributed by atoms with Crippen molar-refractivity contribution in [1.82, 2.24) is 14.4 Å². The summed E-state index contributed by atoms with van der Waals surface area (Å²) in [6.07, 6.45) is 3.74. The van der Waals surface area contributed by atoms with Gasteiger partial charge in [0, 0.05) is 28.5 Å². The van der Waals surface area contributed by atoms with E-state index in [1.54, 1.807) is 6.20 Å². The summed E-state index contributed by atoms with van der Waals surface area (Å²) in [5.41, 5.74) is 3.80. The molecular weight excluding hydrogens is 326 g/mol. The molecule has 0 atom stereocenters. The number of nitrogens with one attached hydrogen (secondary N) is 1. The van der Waals surface area contributed by atoms with Crippen LogP contribution in [-0.4, -0.2) is 14.4 Å². The normalized spacial score (nSPS) is 11.0. The molecule has 0 aliphatic heterocycles. The van der Waals surface area contributed by atoms with E-state index in [0.29, 0.717) is 15.4 Å². The molecule has 0 aliphatic carbocycles. The van der Waals surface area contributed by atoms with Crippen LogP contribution < -0.4 is 0 Å². The number of hydrogen-bond donors (Lipinski definition) is 1. The fourth-order valence-corrected chi connectivity index (χ4v) is 3.13. The first kappa shape index (κ1) is 14.2. The second-order valence-electron chi connectivity index (χ2n) is 5.18. The Morgan fingerprint density at radius 2 is 1.70 bits per heavy atom. The van der Waals surface area contributed by atoms with Crippen molar-refractivity contribution in [2.45, 2.75) is 0 Å². The number of fused-ring (bicyclic) bond motifs is 1. The highest BCUT2D eigenvalue weighted by Crippen LogP contribution is 2.29. The highest BCUT2D eigenvalue weighted by molar-refractivity contribution is 7.71. The summed E-state index contributed by atoms with van der Waals surface area (Å²) in [6, 6.07) is 17.7. The van der Waals surface area contributed by atoms with Gasteiger partial charge in [-0.1, -0.05) is 72.3 Å². The van der Waals surface area contributed by atoms with Crippen LogP contribution in [0.15, 0.2) is 67.0 Å². The number of aromatic nitrogens is 3. The smallest absolute Gasteiger partial charge is 0.212 e. The number of halogens is 1. The molecule has 2 heterocycles. The lowest BCUT2D eigenvalue weighted by molar-refractivity contribution is 1.09. The number of hydrogen-bond acceptors (Lipinski definition) is 2. The topological polar surface area (TPSA) is 33.1 Å². The van der Waals surface area contributed by atoms with E-state index in [9.17, 15) is 0 Å². The molecular formula is C18H12ClN3S. The zero-order chi connectivity index (χ0) is 15.8. The molecule has 4 rings (SSSR count). The number of rotatable bonds is 2. The lowest BCUT2D eigenvalue weighted by Crippen LogP contribution is -1.93. The van der Waals surface area contributed by atoms with Gasteiger partial charge in [0.05, 0.1) is 5.69 Å². The SMILES string of the molecule is S=c1c(-c2ccccc2Cl)cnc2[nH]c(-c3ccccc3)cn12. The number of benzene rings is 2. The Morgan fingerprint density at radius 1 is 0.957 bits per heavy atom. The highest BCUT2D eigenvalue weighted by Gasteiger charge is 2.10. The third-order valence-electron chi connectivity index (χ3n) is 3.75. The summed E-state index contributed by atoms with van der Waals surface area (Å²) in [5.74, 6) is 0.713. The maximum atomic E-state index is 6.29. The molecule has 4 aromatic rings. The Balaban J connectivity index is 1.93. The summed E-state index contributed by atoms with van der Waals surface area (Å²) >= 11 is 11.9. The van der Waals surface area contributed by atoms with Crippen LogP contribution in [0.3, 0.4) is 0 Å². The maximum Gasteiger partial charge on any atom is 0.212 e. The lowest BCUT2D eigenvalue weighted by Gasteiger charge is -2.04. The Labute approximate surface area is 143 Å². The first-order valence-corrected chi connectivity index (χ1v) is 7.93. The maximum absolute atomic E-state index is 6.29. The minimum atomic E-state index is 0.666. The standard InChI is InChI=1S/C18H12ClN3S/c19-15-9-5-4-8-13(15)14-10-20-18-21-16(11-22(18)17(14)23)12-6-2-1-3-7-12/h1-11H,(H,20,21). The molecule has 0 amide bonds. The highest BCUT2D eigenvalue weighted by atomic mass is 35.5. The second-order valence-corrected chi connectivity index (χ2v) is 5.98. The van der Waals surface area contributed by atoms with Crippen LogP contribution in [0, 0.1) is 4.64 Å². The predicted molar refractivity (Wildman–Crippen MR) is 96.3 cm³/mol. The van der Waals surface area contributed by atoms with Gasteiger partial charge in [0.15, 0.2) is 0 Å². The third-order valence-corrected chi connectivity index (χ3v) is 4.49. The van der Waals surface area contributed by atoms with E-state index in [1.807, 2.05) is 65.2 Å². The summed E-state index contributed by atoms with van der Waals surface area (Å²) in [4.78, 5) is 7.79. The van der Waals surface area contributed by atoms with E-state index < -0.39 is 0 Å². The first-order valence-electron chi connectivity index (χ1n) is 7.15. The molecule has 0 unspecified atom stereocenters. The van der Waals surface area contributed by atoms with Crippen molar-refractivity contribution in [3.63, 3.8) is 0 Å². The van der Waals surface area contributed by atoms with E-state index in [1.165, 1.54) is 0 Å². The van der Waals surface area contributed by atoms with Gasteiger partial charge in [0.2, 0.25) is 5.78 Å². The zero-order valence-electron chi connectivity index (χ0n) is 12.0. The Hall–Kier alpha value is -2.43. The Morgan fingerprint density at radius 3 is 2.48 bits per heavy atom. The lowest BCUT2D eigenvalue weighted by atomic mass is 10.1. The molecule has 0 bridgehead atoms. The summed E-state index contributed by atoms with van der Waals surface area (Å²) in [6.45, 7) is 0. The van der Waals surface area contributed by atoms with Gasteiger partial charge in [-0.15, -0.1) is 0 Å². The Kier molecular flexibility index (Phi) is 3.48. The van der Waals surface area contributed by atoms with E-state index >= 15 is 0 Å². The summed E-state index contributed by atoms with van der Waals surface area (Å²) in [5, 5.41) is 0.666. The van der Waals surface area contributed by atoms with Crippen LogP contribution in [0.2, 0.25) is 5.02 Å². The molecule has 1 N–H and O–H groups in total. The van der Waals surface area contributed by atoms with E-state index in [0.717, 1.165) is 22.4 Å². The Bertz CT molecular complexity index is 1050. The molecule has 0 radical (unpaired) electrons. The minimum absolute atomic E-state index is 0.666. The molecule has 0 fully saturated rings. The van der Waals surface area contributed by atoms with Crippen molar-refractivity contribution in [3.05, 3.63) is 76.7 Å². The van der Waals surface area contributed by atoms with Crippen LogP contribution in [0.1, 0.15) is 0 Å². The summed E-state index contributed by atoms with van der Waals surface area (Å²) < 4.78 is 2.57. The predicted octanol–water partition coefficient (Wildman–Crippen LogP) is 5.38. The van der Waals surface area contributed by atoms with E-state index in [2.05, 4.69) is 9.97 Å². The number of nitrogens with zero attached hydrogens (tertiary/aromatic N) is 2. The van der Waals surface area contributed by atoms with Crippen molar-refractivity contribution in [2.24, 2.45) is 0 Å². The zero-order valence-corrected chi connectivity index (χ0v) is 13.6. The molecule has 3 nitrogen and oxygen atoms in total. The monoisotopic (exact) mass is 337 g/mol. The van der Waals surface area contributed by atoms with Gasteiger partial charge in [-0.05, 0) is 11.6 Å². The van der Waals surface area contributed by atoms with Gasteiger partial charge in [-0.25, -0.2) is 4.98 Å². The fraction of sp³-hybridized carbons (Fsp3) is 0. The molecule has 2 aromatic carbocycles. The van der Waals surface area contributed by atoms with Crippen molar-refractivity contribution >= 4 is 29.6 Å². The van der Waals surface area contributed by atoms with Crippen LogP contribution in [0.4, 0.5) is 0 Å². The molecule has 0 saturated heterocycles. The van der Waals surface area contributed by atoms with Gasteiger partial charge in [0.25, 0.3) is 0 Å². The van der Waals surface area contributed by atoms with Gasteiger partial charge in [0.1, 0.15) is 4.64 Å². The minimum Gasteiger partial charge on any atom is -0.323 e. The van der Waals surface area contributed by atoms with Crippen molar-refractivity contribution < 1.29 is 0 Å². The molecule has 23 heavy (non-hydrogen) atoms. The average molecular weight is 338 g/mol. The molecule has 0 saturated carbocycles. The summed E-state index contributed by atoms with van der Waals surface area (Å²) in [7, 11) is 0. The molecule has 0 aliphatic rings. The second kappa shape index (κ2) is 5.65. The van der Waals surface area contributed by atoms with Crippen LogP contribution in [0.25, 0.3) is 28.2 Å². The van der Waals surface area contributed by atoms with E-state index in [4.69, 9.17) is 23.8 Å². The molecule has 0 spiro atoms. The van der Waals surface area contributed by atoms with Crippen molar-refractivity contribution in [3.8, 4) is 22.4 Å². The van der Waals surface area contributed by atoms with Crippen LogP contribution in [-0.2, 0) is 0 Å². The average Bonchev–Trinajstić information content (AvgIpc) is 3.02. The third kappa shape index (κ3) is 2.46. The van der Waals surface area contributed by atoms with Crippen LogP contribution in [0.5, 0.6) is 0 Å². The fourth-order valence-electron chi connectivity index (χ4n) is 2.59. The van der Waals surface area contributed by atoms with Crippen molar-refractivity contribution in [2.75, 3.05) is 0 Å². The van der Waals surface area contributed by atoms with E-state index in [-0.39, 0.29) is 0 Å². The van der Waals surface area contributed by atoms with Gasteiger partial charge in [-0.3, -0.25) is 4.40 Å². The quantitative estimate of drug-likeness (QED) is 0.498. The van der Waals surface area contributed by atoms with Gasteiger partial charge < -0.3 is 4.98 Å².